The van der Waals surface area contributed by atoms with E-state index in [2.05, 4.69) is 15.9 Å². The molecule has 0 spiro atoms. The van der Waals surface area contributed by atoms with Crippen LogP contribution in [-0.4, -0.2) is 56.1 Å². The zero-order valence-corrected chi connectivity index (χ0v) is 15.3. The molecule has 1 aromatic carbocycles. The van der Waals surface area contributed by atoms with E-state index >= 15 is 0 Å². The summed E-state index contributed by atoms with van der Waals surface area (Å²) in [5, 5.41) is 0. The molecule has 1 aliphatic rings. The van der Waals surface area contributed by atoms with E-state index in [4.69, 9.17) is 4.42 Å². The number of halogens is 1. The fourth-order valence-corrected chi connectivity index (χ4v) is 4.29. The van der Waals surface area contributed by atoms with Gasteiger partial charge in [0.15, 0.2) is 5.76 Å². The molecule has 1 aromatic heterocycles. The average molecular weight is 413 g/mol. The highest BCUT2D eigenvalue weighted by Crippen LogP contribution is 2.20. The molecular formula is C16H17BrN2O4S. The molecule has 1 fully saturated rings. The molecule has 128 valence electrons. The van der Waals surface area contributed by atoms with Gasteiger partial charge in [0.2, 0.25) is 15.8 Å². The Hall–Kier alpha value is -1.48. The summed E-state index contributed by atoms with van der Waals surface area (Å²) in [6.07, 6.45) is 1.47. The van der Waals surface area contributed by atoms with E-state index in [0.717, 1.165) is 4.47 Å². The lowest BCUT2D eigenvalue weighted by atomic mass is 10.2. The van der Waals surface area contributed by atoms with Gasteiger partial charge in [-0.05, 0) is 36.4 Å². The molecule has 0 saturated carbocycles. The average Bonchev–Trinajstić information content (AvgIpc) is 3.10. The maximum absolute atomic E-state index is 12.6. The first-order chi connectivity index (χ1) is 11.5. The topological polar surface area (TPSA) is 70.8 Å². The van der Waals surface area contributed by atoms with Crippen molar-refractivity contribution in [2.75, 3.05) is 32.7 Å². The molecular weight excluding hydrogens is 396 g/mol. The second-order valence-electron chi connectivity index (χ2n) is 5.53. The first kappa shape index (κ1) is 17.3. The number of sulfonamides is 1. The zero-order valence-electron chi connectivity index (χ0n) is 12.9. The van der Waals surface area contributed by atoms with Crippen molar-refractivity contribution in [2.24, 2.45) is 0 Å². The first-order valence-electron chi connectivity index (χ1n) is 7.51. The number of hydrogen-bond acceptors (Lipinski definition) is 5. The van der Waals surface area contributed by atoms with Crippen LogP contribution in [0.4, 0.5) is 0 Å². The lowest BCUT2D eigenvalue weighted by Crippen LogP contribution is -2.49. The molecule has 0 bridgehead atoms. The molecule has 6 nitrogen and oxygen atoms in total. The van der Waals surface area contributed by atoms with Crippen LogP contribution in [0.15, 0.2) is 56.4 Å². The zero-order chi connectivity index (χ0) is 17.2. The molecule has 8 heteroatoms. The summed E-state index contributed by atoms with van der Waals surface area (Å²) in [5.41, 5.74) is 0. The van der Waals surface area contributed by atoms with E-state index in [0.29, 0.717) is 31.9 Å². The standard InChI is InChI=1S/C16H17BrN2O4S/c17-13-3-5-14(6-4-13)24(21,22)19-9-7-18(8-10-19)12-15(20)16-2-1-11-23-16/h1-6,11H,7-10,12H2. The number of hydrogen-bond donors (Lipinski definition) is 0. The van der Waals surface area contributed by atoms with Crippen molar-refractivity contribution < 1.29 is 17.6 Å². The molecule has 1 saturated heterocycles. The van der Waals surface area contributed by atoms with Crippen molar-refractivity contribution in [3.8, 4) is 0 Å². The Balaban J connectivity index is 1.60. The number of carbonyl (C=O) groups is 1. The van der Waals surface area contributed by atoms with Gasteiger partial charge in [0.1, 0.15) is 0 Å². The number of rotatable bonds is 5. The Morgan fingerprint density at radius 2 is 1.75 bits per heavy atom. The summed E-state index contributed by atoms with van der Waals surface area (Å²) in [4.78, 5) is 14.3. The van der Waals surface area contributed by atoms with E-state index < -0.39 is 10.0 Å². The van der Waals surface area contributed by atoms with E-state index in [9.17, 15) is 13.2 Å². The van der Waals surface area contributed by atoms with Gasteiger partial charge < -0.3 is 4.42 Å². The van der Waals surface area contributed by atoms with Crippen LogP contribution in [0, 0.1) is 0 Å². The van der Waals surface area contributed by atoms with Crippen LogP contribution in [0.25, 0.3) is 0 Å². The second-order valence-corrected chi connectivity index (χ2v) is 8.39. The Morgan fingerprint density at radius 3 is 2.33 bits per heavy atom. The minimum absolute atomic E-state index is 0.0933. The third-order valence-corrected chi connectivity index (χ3v) is 6.39. The monoisotopic (exact) mass is 412 g/mol. The Kier molecular flexibility index (Phi) is 5.19. The SMILES string of the molecule is O=C(CN1CCN(S(=O)(=O)c2ccc(Br)cc2)CC1)c1ccco1. The molecule has 0 aliphatic carbocycles. The molecule has 0 amide bonds. The van der Waals surface area contributed by atoms with Crippen molar-refractivity contribution in [3.05, 3.63) is 52.9 Å². The van der Waals surface area contributed by atoms with Gasteiger partial charge in [-0.2, -0.15) is 4.31 Å². The molecule has 3 rings (SSSR count). The number of furan rings is 1. The number of Topliss-reactive ketones (excluding diaryl/α,β-unsaturated/α-hetero) is 1. The molecule has 2 heterocycles. The Morgan fingerprint density at radius 1 is 1.08 bits per heavy atom. The van der Waals surface area contributed by atoms with Crippen LogP contribution in [0.2, 0.25) is 0 Å². The van der Waals surface area contributed by atoms with Gasteiger partial charge in [-0.3, -0.25) is 9.69 Å². The van der Waals surface area contributed by atoms with Gasteiger partial charge in [0.05, 0.1) is 17.7 Å². The quantitative estimate of drug-likeness (QED) is 0.704. The van der Waals surface area contributed by atoms with Crippen molar-refractivity contribution in [1.29, 1.82) is 0 Å². The molecule has 2 aromatic rings. The van der Waals surface area contributed by atoms with Gasteiger partial charge >= 0.3 is 0 Å². The number of piperazine rings is 1. The van der Waals surface area contributed by atoms with Crippen LogP contribution in [0.1, 0.15) is 10.6 Å². The molecule has 0 atom stereocenters. The minimum Gasteiger partial charge on any atom is -0.461 e. The van der Waals surface area contributed by atoms with Crippen molar-refractivity contribution in [1.82, 2.24) is 9.21 Å². The van der Waals surface area contributed by atoms with Crippen LogP contribution < -0.4 is 0 Å². The maximum Gasteiger partial charge on any atom is 0.243 e. The van der Waals surface area contributed by atoms with Gasteiger partial charge in [0, 0.05) is 30.7 Å². The van der Waals surface area contributed by atoms with Crippen molar-refractivity contribution in [3.63, 3.8) is 0 Å². The fourth-order valence-electron chi connectivity index (χ4n) is 2.60. The van der Waals surface area contributed by atoms with E-state index in [1.807, 2.05) is 4.90 Å². The highest BCUT2D eigenvalue weighted by atomic mass is 79.9. The largest absolute Gasteiger partial charge is 0.461 e. The third-order valence-electron chi connectivity index (χ3n) is 3.95. The van der Waals surface area contributed by atoms with E-state index in [1.165, 1.54) is 10.6 Å². The molecule has 0 radical (unpaired) electrons. The summed E-state index contributed by atoms with van der Waals surface area (Å²) >= 11 is 3.30. The number of ketones is 1. The molecule has 0 unspecified atom stereocenters. The van der Waals surface area contributed by atoms with Gasteiger partial charge in [0.25, 0.3) is 0 Å². The fraction of sp³-hybridized carbons (Fsp3) is 0.312. The smallest absolute Gasteiger partial charge is 0.243 e. The first-order valence-corrected chi connectivity index (χ1v) is 9.75. The second kappa shape index (κ2) is 7.18. The lowest BCUT2D eigenvalue weighted by Gasteiger charge is -2.33. The van der Waals surface area contributed by atoms with E-state index in [-0.39, 0.29) is 17.2 Å². The highest BCUT2D eigenvalue weighted by Gasteiger charge is 2.29. The third kappa shape index (κ3) is 3.77. The summed E-state index contributed by atoms with van der Waals surface area (Å²) in [7, 11) is -3.49. The van der Waals surface area contributed by atoms with Gasteiger partial charge in [-0.1, -0.05) is 15.9 Å². The summed E-state index contributed by atoms with van der Waals surface area (Å²) in [5.74, 6) is 0.240. The van der Waals surface area contributed by atoms with Crippen LogP contribution in [-0.2, 0) is 10.0 Å². The van der Waals surface area contributed by atoms with Crippen LogP contribution >= 0.6 is 15.9 Å². The van der Waals surface area contributed by atoms with Crippen molar-refractivity contribution in [2.45, 2.75) is 4.90 Å². The Bertz CT molecular complexity index is 795. The molecule has 0 N–H and O–H groups in total. The lowest BCUT2D eigenvalue weighted by molar-refractivity contribution is 0.0874. The summed E-state index contributed by atoms with van der Waals surface area (Å²) in [6.45, 7) is 2.00. The van der Waals surface area contributed by atoms with E-state index in [1.54, 1.807) is 36.4 Å². The van der Waals surface area contributed by atoms with Crippen LogP contribution in [0.3, 0.4) is 0 Å². The van der Waals surface area contributed by atoms with Crippen LogP contribution in [0.5, 0.6) is 0 Å². The number of nitrogens with zero attached hydrogens (tertiary/aromatic N) is 2. The predicted octanol–water partition coefficient (Wildman–Crippen LogP) is 2.23. The summed E-state index contributed by atoms with van der Waals surface area (Å²) in [6, 6.07) is 9.92. The maximum atomic E-state index is 12.6. The summed E-state index contributed by atoms with van der Waals surface area (Å²) < 4.78 is 32.6. The highest BCUT2D eigenvalue weighted by molar-refractivity contribution is 9.10. The van der Waals surface area contributed by atoms with Gasteiger partial charge in [-0.15, -0.1) is 0 Å². The van der Waals surface area contributed by atoms with Crippen molar-refractivity contribution >= 4 is 31.7 Å². The minimum atomic E-state index is -3.49. The normalized spacial score (nSPS) is 17.0. The number of carbonyl (C=O) groups excluding carboxylic acids is 1. The predicted molar refractivity (Wildman–Crippen MR) is 92.4 cm³/mol. The number of benzene rings is 1. The molecule has 1 aliphatic heterocycles. The Labute approximate surface area is 149 Å². The van der Waals surface area contributed by atoms with Gasteiger partial charge in [-0.25, -0.2) is 8.42 Å². The molecule has 24 heavy (non-hydrogen) atoms.